The van der Waals surface area contributed by atoms with Crippen molar-refractivity contribution in [3.63, 3.8) is 0 Å². The molecule has 0 saturated heterocycles. The van der Waals surface area contributed by atoms with Gasteiger partial charge in [-0.15, -0.1) is 11.3 Å². The maximum Gasteiger partial charge on any atom is 0.331 e. The molecule has 0 bridgehead atoms. The number of hydrogen-bond donors (Lipinski definition) is 1. The first-order valence-electron chi connectivity index (χ1n) is 7.50. The number of rotatable bonds is 7. The predicted octanol–water partition coefficient (Wildman–Crippen LogP) is 3.33. The fourth-order valence-corrected chi connectivity index (χ4v) is 2.76. The van der Waals surface area contributed by atoms with E-state index in [2.05, 4.69) is 5.32 Å². The van der Waals surface area contributed by atoms with Crippen LogP contribution >= 0.6 is 11.3 Å². The van der Waals surface area contributed by atoms with Crippen LogP contribution in [0.5, 0.6) is 5.75 Å². The van der Waals surface area contributed by atoms with Crippen molar-refractivity contribution in [3.05, 3.63) is 58.0 Å². The Morgan fingerprint density at radius 2 is 2.16 bits per heavy atom. The van der Waals surface area contributed by atoms with Crippen LogP contribution in [-0.4, -0.2) is 25.6 Å². The van der Waals surface area contributed by atoms with Crippen LogP contribution in [0.2, 0.25) is 0 Å². The normalized spacial score (nSPS) is 12.0. The molecule has 5 nitrogen and oxygen atoms in total. The van der Waals surface area contributed by atoms with Crippen molar-refractivity contribution in [1.29, 1.82) is 0 Å². The van der Waals surface area contributed by atoms with E-state index < -0.39 is 17.7 Å². The summed E-state index contributed by atoms with van der Waals surface area (Å²) in [5.41, 5.74) is 0.478. The third kappa shape index (κ3) is 5.72. The fraction of sp³-hybridized carbons (Fsp3) is 0.222. The molecule has 0 fully saturated rings. The van der Waals surface area contributed by atoms with Gasteiger partial charge in [0.15, 0.2) is 18.2 Å². The molecular formula is C18H18FNO4S. The minimum atomic E-state index is -0.685. The molecule has 0 spiro atoms. The second-order valence-electron chi connectivity index (χ2n) is 5.14. The summed E-state index contributed by atoms with van der Waals surface area (Å²) >= 11 is 1.53. The van der Waals surface area contributed by atoms with Crippen molar-refractivity contribution < 1.29 is 23.5 Å². The molecule has 1 amide bonds. The standard InChI is InChI=1S/C18H18FNO4S/c1-12(16-4-3-9-25-16)20-17(21)11-24-18(22)8-6-13-5-7-15(23-2)14(19)10-13/h3-10,12H,11H2,1-2H3,(H,20,21)/b8-6+/t12-/m1/s1. The van der Waals surface area contributed by atoms with E-state index in [0.29, 0.717) is 5.56 Å². The van der Waals surface area contributed by atoms with Crippen LogP contribution in [0.4, 0.5) is 4.39 Å². The summed E-state index contributed by atoms with van der Waals surface area (Å²) in [5.74, 6) is -1.48. The number of carbonyl (C=O) groups is 2. The van der Waals surface area contributed by atoms with Crippen molar-refractivity contribution in [2.24, 2.45) is 0 Å². The molecule has 0 radical (unpaired) electrons. The lowest BCUT2D eigenvalue weighted by Gasteiger charge is -2.11. The molecular weight excluding hydrogens is 345 g/mol. The Morgan fingerprint density at radius 3 is 2.80 bits per heavy atom. The molecule has 0 aliphatic carbocycles. The van der Waals surface area contributed by atoms with Crippen LogP contribution in [0.25, 0.3) is 6.08 Å². The Balaban J connectivity index is 1.80. The van der Waals surface area contributed by atoms with Gasteiger partial charge in [-0.25, -0.2) is 9.18 Å². The van der Waals surface area contributed by atoms with Crippen molar-refractivity contribution in [2.45, 2.75) is 13.0 Å². The molecule has 1 N–H and O–H groups in total. The SMILES string of the molecule is COc1ccc(/C=C/C(=O)OCC(=O)N[C@H](C)c2cccs2)cc1F. The molecule has 0 aliphatic heterocycles. The summed E-state index contributed by atoms with van der Waals surface area (Å²) in [6, 6.07) is 7.95. The highest BCUT2D eigenvalue weighted by molar-refractivity contribution is 7.10. The summed E-state index contributed by atoms with van der Waals surface area (Å²) in [6.45, 7) is 1.47. The van der Waals surface area contributed by atoms with E-state index in [-0.39, 0.29) is 18.4 Å². The molecule has 1 atom stereocenters. The maximum atomic E-state index is 13.5. The molecule has 7 heteroatoms. The number of thiophene rings is 1. The first-order chi connectivity index (χ1) is 12.0. The number of carbonyl (C=O) groups excluding carboxylic acids is 2. The highest BCUT2D eigenvalue weighted by Crippen LogP contribution is 2.19. The molecule has 1 aromatic carbocycles. The van der Waals surface area contributed by atoms with Crippen LogP contribution in [0.3, 0.4) is 0 Å². The molecule has 2 rings (SSSR count). The number of halogens is 1. The zero-order chi connectivity index (χ0) is 18.2. The summed E-state index contributed by atoms with van der Waals surface area (Å²) in [7, 11) is 1.37. The van der Waals surface area contributed by atoms with Crippen molar-refractivity contribution >= 4 is 29.3 Å². The predicted molar refractivity (Wildman–Crippen MR) is 93.8 cm³/mol. The molecule has 132 valence electrons. The van der Waals surface area contributed by atoms with Gasteiger partial charge in [-0.3, -0.25) is 4.79 Å². The minimum Gasteiger partial charge on any atom is -0.494 e. The van der Waals surface area contributed by atoms with Crippen LogP contribution in [0.1, 0.15) is 23.4 Å². The van der Waals surface area contributed by atoms with Crippen molar-refractivity contribution in [2.75, 3.05) is 13.7 Å². The Hall–Kier alpha value is -2.67. The first-order valence-corrected chi connectivity index (χ1v) is 8.38. The number of esters is 1. The molecule has 0 saturated carbocycles. The minimum absolute atomic E-state index is 0.122. The number of benzene rings is 1. The Morgan fingerprint density at radius 1 is 1.36 bits per heavy atom. The van der Waals surface area contributed by atoms with E-state index in [1.54, 1.807) is 6.07 Å². The van der Waals surface area contributed by atoms with E-state index in [4.69, 9.17) is 9.47 Å². The quantitative estimate of drug-likeness (QED) is 0.605. The molecule has 0 unspecified atom stereocenters. The Kier molecular flexibility index (Phi) is 6.71. The Bertz CT molecular complexity index is 758. The molecule has 25 heavy (non-hydrogen) atoms. The van der Waals surface area contributed by atoms with Gasteiger partial charge >= 0.3 is 5.97 Å². The Labute approximate surface area is 149 Å². The average Bonchev–Trinajstić information content (AvgIpc) is 3.13. The molecule has 1 heterocycles. The zero-order valence-corrected chi connectivity index (χ0v) is 14.6. The van der Waals surface area contributed by atoms with Crippen LogP contribution in [0.15, 0.2) is 41.8 Å². The zero-order valence-electron chi connectivity index (χ0n) is 13.8. The van der Waals surface area contributed by atoms with Gasteiger partial charge in [-0.1, -0.05) is 12.1 Å². The van der Waals surface area contributed by atoms with Gasteiger partial charge in [0.1, 0.15) is 0 Å². The van der Waals surface area contributed by atoms with Gasteiger partial charge in [0.2, 0.25) is 0 Å². The highest BCUT2D eigenvalue weighted by atomic mass is 32.1. The van der Waals surface area contributed by atoms with Crippen LogP contribution in [0, 0.1) is 5.82 Å². The van der Waals surface area contributed by atoms with E-state index in [1.165, 1.54) is 36.7 Å². The van der Waals surface area contributed by atoms with Crippen molar-refractivity contribution in [3.8, 4) is 5.75 Å². The number of methoxy groups -OCH3 is 1. The van der Waals surface area contributed by atoms with E-state index in [9.17, 15) is 14.0 Å². The largest absolute Gasteiger partial charge is 0.494 e. The summed E-state index contributed by atoms with van der Waals surface area (Å²) in [6.07, 6.45) is 2.54. The molecule has 2 aromatic rings. The summed E-state index contributed by atoms with van der Waals surface area (Å²) in [5, 5.41) is 4.66. The van der Waals surface area contributed by atoms with Gasteiger partial charge in [-0.2, -0.15) is 0 Å². The smallest absolute Gasteiger partial charge is 0.331 e. The third-order valence-electron chi connectivity index (χ3n) is 3.28. The highest BCUT2D eigenvalue weighted by Gasteiger charge is 2.11. The first kappa shape index (κ1) is 18.7. The van der Waals surface area contributed by atoms with E-state index >= 15 is 0 Å². The monoisotopic (exact) mass is 363 g/mol. The molecule has 1 aromatic heterocycles. The number of nitrogens with one attached hydrogen (secondary N) is 1. The van der Waals surface area contributed by atoms with E-state index in [0.717, 1.165) is 11.0 Å². The van der Waals surface area contributed by atoms with Crippen LogP contribution in [-0.2, 0) is 14.3 Å². The second-order valence-corrected chi connectivity index (χ2v) is 6.12. The van der Waals surface area contributed by atoms with E-state index in [1.807, 2.05) is 24.4 Å². The van der Waals surface area contributed by atoms with Gasteiger partial charge in [0.05, 0.1) is 13.2 Å². The number of amides is 1. The maximum absolute atomic E-state index is 13.5. The third-order valence-corrected chi connectivity index (χ3v) is 4.34. The summed E-state index contributed by atoms with van der Waals surface area (Å²) in [4.78, 5) is 24.4. The lowest BCUT2D eigenvalue weighted by molar-refractivity contribution is -0.144. The van der Waals surface area contributed by atoms with Crippen LogP contribution < -0.4 is 10.1 Å². The lowest BCUT2D eigenvalue weighted by Crippen LogP contribution is -2.30. The van der Waals surface area contributed by atoms with Gasteiger partial charge in [0.25, 0.3) is 5.91 Å². The second kappa shape index (κ2) is 8.98. The number of hydrogen-bond acceptors (Lipinski definition) is 5. The van der Waals surface area contributed by atoms with Crippen molar-refractivity contribution in [1.82, 2.24) is 5.32 Å². The topological polar surface area (TPSA) is 64.6 Å². The molecule has 0 aliphatic rings. The van der Waals surface area contributed by atoms with Gasteiger partial charge in [-0.05, 0) is 42.1 Å². The summed E-state index contributed by atoms with van der Waals surface area (Å²) < 4.78 is 23.2. The lowest BCUT2D eigenvalue weighted by atomic mass is 10.2. The van der Waals surface area contributed by atoms with Gasteiger partial charge in [0, 0.05) is 11.0 Å². The average molecular weight is 363 g/mol. The van der Waals surface area contributed by atoms with Gasteiger partial charge < -0.3 is 14.8 Å². The number of ether oxygens (including phenoxy) is 2. The fourth-order valence-electron chi connectivity index (χ4n) is 2.03.